The van der Waals surface area contributed by atoms with E-state index in [9.17, 15) is 4.79 Å². The first-order chi connectivity index (χ1) is 11.8. The van der Waals surface area contributed by atoms with Crippen molar-refractivity contribution < 1.29 is 4.79 Å². The van der Waals surface area contributed by atoms with Gasteiger partial charge in [0.1, 0.15) is 5.82 Å². The van der Waals surface area contributed by atoms with Gasteiger partial charge in [-0.15, -0.1) is 0 Å². The normalized spacial score (nSPS) is 20.8. The maximum absolute atomic E-state index is 12.8. The van der Waals surface area contributed by atoms with Gasteiger partial charge in [0, 0.05) is 12.3 Å². The zero-order chi connectivity index (χ0) is 18.2. The van der Waals surface area contributed by atoms with Crippen LogP contribution in [0.15, 0.2) is 42.1 Å². The van der Waals surface area contributed by atoms with Crippen molar-refractivity contribution in [2.75, 3.05) is 5.32 Å². The number of nitrogens with zero attached hydrogens (tertiary/aromatic N) is 3. The molecule has 1 aliphatic rings. The van der Waals surface area contributed by atoms with Crippen molar-refractivity contribution in [2.45, 2.75) is 41.2 Å². The molecule has 1 aliphatic carbocycles. The number of nitrogens with one attached hydrogen (secondary N) is 1. The van der Waals surface area contributed by atoms with E-state index >= 15 is 0 Å². The third-order valence-electron chi connectivity index (χ3n) is 4.90. The minimum absolute atomic E-state index is 0.000839. The molecular weight excluding hydrogens is 312 g/mol. The van der Waals surface area contributed by atoms with Gasteiger partial charge in [0.05, 0.1) is 23.9 Å². The largest absolute Gasteiger partial charge is 0.311 e. The highest BCUT2D eigenvalue weighted by atomic mass is 16.2. The SMILES string of the molecule is CC(C)=C[C@H]1[C@@H](C(=O)Nc2cc(C)nn2Cc2ccccn2)C1(C)C. The molecule has 2 aromatic heterocycles. The maximum Gasteiger partial charge on any atom is 0.229 e. The Balaban J connectivity index is 1.75. The number of carbonyl (C=O) groups is 1. The van der Waals surface area contributed by atoms with E-state index in [0.29, 0.717) is 12.5 Å². The van der Waals surface area contributed by atoms with Crippen LogP contribution in [0.3, 0.4) is 0 Å². The van der Waals surface area contributed by atoms with Crippen molar-refractivity contribution in [2.24, 2.45) is 17.3 Å². The molecule has 5 nitrogen and oxygen atoms in total. The highest BCUT2D eigenvalue weighted by Gasteiger charge is 2.60. The summed E-state index contributed by atoms with van der Waals surface area (Å²) in [5.74, 6) is 1.09. The summed E-state index contributed by atoms with van der Waals surface area (Å²) >= 11 is 0. The number of anilines is 1. The molecule has 1 N–H and O–H groups in total. The lowest BCUT2D eigenvalue weighted by molar-refractivity contribution is -0.118. The smallest absolute Gasteiger partial charge is 0.229 e. The Morgan fingerprint density at radius 3 is 2.76 bits per heavy atom. The number of hydrogen-bond donors (Lipinski definition) is 1. The Morgan fingerprint density at radius 1 is 1.36 bits per heavy atom. The molecule has 0 saturated heterocycles. The molecular formula is C20H26N4O. The molecule has 1 fully saturated rings. The molecule has 2 atom stereocenters. The molecule has 0 aromatic carbocycles. The summed E-state index contributed by atoms with van der Waals surface area (Å²) in [5, 5.41) is 7.57. The minimum Gasteiger partial charge on any atom is -0.311 e. The lowest BCUT2D eigenvalue weighted by Crippen LogP contribution is -2.20. The van der Waals surface area contributed by atoms with E-state index < -0.39 is 0 Å². The molecule has 5 heteroatoms. The molecule has 25 heavy (non-hydrogen) atoms. The number of aromatic nitrogens is 3. The first-order valence-corrected chi connectivity index (χ1v) is 8.69. The number of allylic oxidation sites excluding steroid dienone is 2. The molecule has 2 heterocycles. The third kappa shape index (κ3) is 3.65. The first kappa shape index (κ1) is 17.4. The van der Waals surface area contributed by atoms with Gasteiger partial charge in [-0.2, -0.15) is 5.10 Å². The van der Waals surface area contributed by atoms with E-state index in [4.69, 9.17) is 0 Å². The van der Waals surface area contributed by atoms with E-state index in [1.807, 2.05) is 31.2 Å². The predicted molar refractivity (Wildman–Crippen MR) is 99.1 cm³/mol. The van der Waals surface area contributed by atoms with Crippen molar-refractivity contribution in [3.63, 3.8) is 0 Å². The van der Waals surface area contributed by atoms with Crippen LogP contribution in [0.2, 0.25) is 0 Å². The molecule has 1 amide bonds. The fourth-order valence-corrected chi connectivity index (χ4v) is 3.46. The highest BCUT2D eigenvalue weighted by molar-refractivity contribution is 5.95. The van der Waals surface area contributed by atoms with E-state index in [1.165, 1.54) is 5.57 Å². The lowest BCUT2D eigenvalue weighted by atomic mass is 10.1. The van der Waals surface area contributed by atoms with Crippen LogP contribution in [-0.2, 0) is 11.3 Å². The van der Waals surface area contributed by atoms with Crippen LogP contribution in [0.25, 0.3) is 0 Å². The molecule has 132 valence electrons. The number of hydrogen-bond acceptors (Lipinski definition) is 3. The van der Waals surface area contributed by atoms with Crippen molar-refractivity contribution in [1.29, 1.82) is 0 Å². The van der Waals surface area contributed by atoms with Crippen LogP contribution in [0.5, 0.6) is 0 Å². The van der Waals surface area contributed by atoms with Gasteiger partial charge in [-0.05, 0) is 44.2 Å². The second kappa shape index (κ2) is 6.47. The fourth-order valence-electron chi connectivity index (χ4n) is 3.46. The molecule has 0 spiro atoms. The average molecular weight is 338 g/mol. The van der Waals surface area contributed by atoms with Gasteiger partial charge in [0.25, 0.3) is 0 Å². The molecule has 0 unspecified atom stereocenters. The Bertz CT molecular complexity index is 800. The van der Waals surface area contributed by atoms with Gasteiger partial charge < -0.3 is 5.32 Å². The van der Waals surface area contributed by atoms with E-state index in [-0.39, 0.29) is 17.2 Å². The van der Waals surface area contributed by atoms with Gasteiger partial charge in [-0.1, -0.05) is 31.6 Å². The van der Waals surface area contributed by atoms with Gasteiger partial charge in [-0.25, -0.2) is 4.68 Å². The molecule has 0 radical (unpaired) electrons. The Kier molecular flexibility index (Phi) is 4.50. The number of amides is 1. The zero-order valence-electron chi connectivity index (χ0n) is 15.6. The Morgan fingerprint density at radius 2 is 2.12 bits per heavy atom. The van der Waals surface area contributed by atoms with Gasteiger partial charge in [-0.3, -0.25) is 9.78 Å². The Hall–Kier alpha value is -2.43. The number of carbonyl (C=O) groups excluding carboxylic acids is 1. The van der Waals surface area contributed by atoms with Gasteiger partial charge in [0.15, 0.2) is 0 Å². The number of pyridine rings is 1. The number of rotatable bonds is 5. The summed E-state index contributed by atoms with van der Waals surface area (Å²) in [4.78, 5) is 17.1. The first-order valence-electron chi connectivity index (χ1n) is 8.69. The van der Waals surface area contributed by atoms with Crippen LogP contribution in [0, 0.1) is 24.2 Å². The lowest BCUT2D eigenvalue weighted by Gasteiger charge is -2.09. The predicted octanol–water partition coefficient (Wildman–Crippen LogP) is 3.81. The minimum atomic E-state index is 0.000839. The molecule has 3 rings (SSSR count). The van der Waals surface area contributed by atoms with Crippen molar-refractivity contribution in [1.82, 2.24) is 14.8 Å². The Labute approximate surface area is 149 Å². The average Bonchev–Trinajstić information content (AvgIpc) is 2.88. The van der Waals surface area contributed by atoms with Gasteiger partial charge in [0.2, 0.25) is 5.91 Å². The second-order valence-corrected chi connectivity index (χ2v) is 7.71. The summed E-state index contributed by atoms with van der Waals surface area (Å²) in [7, 11) is 0. The summed E-state index contributed by atoms with van der Waals surface area (Å²) < 4.78 is 1.81. The fraction of sp³-hybridized carbons (Fsp3) is 0.450. The van der Waals surface area contributed by atoms with Crippen molar-refractivity contribution in [3.05, 3.63) is 53.5 Å². The standard InChI is InChI=1S/C20H26N4O/c1-13(2)10-16-18(20(16,4)5)19(25)22-17-11-14(3)23-24(17)12-15-8-6-7-9-21-15/h6-11,16,18H,12H2,1-5H3,(H,22,25)/t16-,18-/m0/s1. The highest BCUT2D eigenvalue weighted by Crippen LogP contribution is 2.59. The quantitative estimate of drug-likeness (QED) is 0.843. The summed E-state index contributed by atoms with van der Waals surface area (Å²) in [6.45, 7) is 10.9. The summed E-state index contributed by atoms with van der Waals surface area (Å²) in [6.07, 6.45) is 3.97. The van der Waals surface area contributed by atoms with E-state index in [1.54, 1.807) is 10.9 Å². The van der Waals surface area contributed by atoms with Crippen LogP contribution < -0.4 is 5.32 Å². The maximum atomic E-state index is 12.8. The molecule has 2 aromatic rings. The monoisotopic (exact) mass is 338 g/mol. The van der Waals surface area contributed by atoms with Crippen LogP contribution in [-0.4, -0.2) is 20.7 Å². The van der Waals surface area contributed by atoms with Crippen LogP contribution in [0.4, 0.5) is 5.82 Å². The van der Waals surface area contributed by atoms with Gasteiger partial charge >= 0.3 is 0 Å². The second-order valence-electron chi connectivity index (χ2n) is 7.71. The van der Waals surface area contributed by atoms with Crippen molar-refractivity contribution >= 4 is 11.7 Å². The summed E-state index contributed by atoms with van der Waals surface area (Å²) in [5.41, 5.74) is 3.05. The number of aryl methyl sites for hydroxylation is 1. The zero-order valence-corrected chi connectivity index (χ0v) is 15.6. The van der Waals surface area contributed by atoms with Crippen LogP contribution in [0.1, 0.15) is 39.1 Å². The molecule has 0 bridgehead atoms. The molecule has 0 aliphatic heterocycles. The summed E-state index contributed by atoms with van der Waals surface area (Å²) in [6, 6.07) is 7.70. The van der Waals surface area contributed by atoms with E-state index in [2.05, 4.69) is 49.2 Å². The van der Waals surface area contributed by atoms with E-state index in [0.717, 1.165) is 17.2 Å². The van der Waals surface area contributed by atoms with Crippen molar-refractivity contribution in [3.8, 4) is 0 Å². The topological polar surface area (TPSA) is 59.8 Å². The van der Waals surface area contributed by atoms with Crippen LogP contribution >= 0.6 is 0 Å². The third-order valence-corrected chi connectivity index (χ3v) is 4.90. The molecule has 1 saturated carbocycles.